The normalized spacial score (nSPS) is 0. The third-order valence-electron chi connectivity index (χ3n) is 0. The topological polar surface area (TPSA) is 201 Å². The van der Waals surface area contributed by atoms with E-state index in [-0.39, 0.29) is 54.0 Å². The zero-order valence-electron chi connectivity index (χ0n) is 3.77. The number of nitrogens with two attached hydrogens (primary N) is 6. The predicted octanol–water partition coefficient (Wildman–Crippen LogP) is 4.30. The van der Waals surface area contributed by atoms with E-state index in [4.69, 9.17) is 0 Å². The fourth-order valence-electron chi connectivity index (χ4n) is 0. The maximum atomic E-state index is 0. The van der Waals surface area contributed by atoms with Crippen LogP contribution >= 0.6 is 0 Å². The van der Waals surface area contributed by atoms with E-state index in [1.54, 1.807) is 0 Å². The molecule has 7 heavy (non-hydrogen) atoms. The Bertz CT molecular complexity index is 4.14. The summed E-state index contributed by atoms with van der Waals surface area (Å²) in [4.78, 5) is 0. The standard InChI is InChI=1S/Cu.6H2N/h;6*1H2/q;6*-1. The van der Waals surface area contributed by atoms with Crippen LogP contribution in [0.4, 0.5) is 0 Å². The molecule has 6 nitrogen and oxygen atoms in total. The summed E-state index contributed by atoms with van der Waals surface area (Å²) >= 11 is 0. The monoisotopic (exact) mass is 159 g/mol. The Balaban J connectivity index is 0. The van der Waals surface area contributed by atoms with Crippen molar-refractivity contribution in [3.63, 3.8) is 0 Å². The fraction of sp³-hybridized carbons (Fsp3) is 0. The molecule has 0 aromatic rings. The molecule has 0 aromatic carbocycles. The van der Waals surface area contributed by atoms with Crippen LogP contribution in [0.2, 0.25) is 0 Å². The summed E-state index contributed by atoms with van der Waals surface area (Å²) in [7, 11) is 0. The van der Waals surface area contributed by atoms with Gasteiger partial charge in [0, 0.05) is 17.1 Å². The van der Waals surface area contributed by atoms with Crippen LogP contribution in [0.1, 0.15) is 0 Å². The molecule has 0 saturated heterocycles. The van der Waals surface area contributed by atoms with Gasteiger partial charge in [-0.05, 0) is 0 Å². The van der Waals surface area contributed by atoms with Crippen molar-refractivity contribution in [1.29, 1.82) is 0 Å². The summed E-state index contributed by atoms with van der Waals surface area (Å²) in [5.41, 5.74) is 0. The van der Waals surface area contributed by atoms with Crippen LogP contribution in [-0.4, -0.2) is 0 Å². The quantitative estimate of drug-likeness (QED) is 0.454. The molecule has 7 heteroatoms. The summed E-state index contributed by atoms with van der Waals surface area (Å²) < 4.78 is 0. The van der Waals surface area contributed by atoms with Gasteiger partial charge in [-0.1, -0.05) is 0 Å². The predicted molar refractivity (Wildman–Crippen MR) is 31.7 cm³/mol. The Kier molecular flexibility index (Phi) is 1180000. The number of hydrogen-bond donors (Lipinski definition) is 0. The smallest absolute Gasteiger partial charge is 0 e. The largest absolute Gasteiger partial charge is 0.693 e. The zero-order chi connectivity index (χ0) is 0. The maximum absolute atomic E-state index is 0. The van der Waals surface area contributed by atoms with E-state index in [1.165, 1.54) is 0 Å². The molecule has 0 spiro atoms. The first-order valence-electron chi connectivity index (χ1n) is 0. The molecule has 0 aromatic heterocycles. The van der Waals surface area contributed by atoms with Crippen molar-refractivity contribution in [2.45, 2.75) is 0 Å². The molecule has 0 saturated carbocycles. The molecule has 0 bridgehead atoms. The fourth-order valence-corrected chi connectivity index (χ4v) is 0. The van der Waals surface area contributed by atoms with Crippen LogP contribution in [0.3, 0.4) is 0 Å². The second-order valence-electron chi connectivity index (χ2n) is 0. The van der Waals surface area contributed by atoms with E-state index in [0.717, 1.165) is 0 Å². The van der Waals surface area contributed by atoms with Crippen LogP contribution < -0.4 is 0 Å². The van der Waals surface area contributed by atoms with Gasteiger partial charge in [-0.3, -0.25) is 0 Å². The van der Waals surface area contributed by atoms with Crippen molar-refractivity contribution in [2.75, 3.05) is 0 Å². The minimum atomic E-state index is 0. The molecule has 0 fully saturated rings. The Morgan fingerprint density at radius 1 is 0.286 bits per heavy atom. The molecule has 0 rings (SSSR count). The molecular formula is H12CuN6-6. The number of hydrogen-bond acceptors (Lipinski definition) is 0. The van der Waals surface area contributed by atoms with Crippen molar-refractivity contribution in [3.8, 4) is 0 Å². The van der Waals surface area contributed by atoms with E-state index in [1.807, 2.05) is 0 Å². The Hall–Kier alpha value is 0.279. The van der Waals surface area contributed by atoms with Gasteiger partial charge in [-0.2, -0.15) is 0 Å². The average Bonchev–Trinajstić information content (AvgIpc) is 0. The minimum Gasteiger partial charge on any atom is -0.693 e. The first kappa shape index (κ1) is 3670. The van der Waals surface area contributed by atoms with E-state index < -0.39 is 0 Å². The molecule has 12 N–H and O–H groups in total. The molecular weight excluding hydrogens is 148 g/mol. The minimum absolute atomic E-state index is 0. The molecule has 0 unspecified atom stereocenters. The van der Waals surface area contributed by atoms with Crippen LogP contribution in [0.5, 0.6) is 0 Å². The third-order valence-corrected chi connectivity index (χ3v) is 0. The Labute approximate surface area is 54.8 Å². The van der Waals surface area contributed by atoms with Gasteiger partial charge in [0.15, 0.2) is 0 Å². The van der Waals surface area contributed by atoms with Crippen molar-refractivity contribution in [1.82, 2.24) is 0 Å². The van der Waals surface area contributed by atoms with Gasteiger partial charge in [0.1, 0.15) is 0 Å². The Morgan fingerprint density at radius 2 is 0.286 bits per heavy atom. The first-order chi connectivity index (χ1) is 0. The zero-order valence-corrected chi connectivity index (χ0v) is 4.71. The van der Waals surface area contributed by atoms with Crippen LogP contribution in [0.15, 0.2) is 0 Å². The van der Waals surface area contributed by atoms with E-state index in [0.29, 0.717) is 0 Å². The van der Waals surface area contributed by atoms with Crippen molar-refractivity contribution < 1.29 is 17.1 Å². The van der Waals surface area contributed by atoms with Gasteiger partial charge >= 0.3 is 0 Å². The molecule has 59 valence electrons. The SMILES string of the molecule is [Cu].[NH2-].[NH2-].[NH2-].[NH2-].[NH2-].[NH2-]. The maximum Gasteiger partial charge on any atom is 0 e. The molecule has 0 heterocycles. The summed E-state index contributed by atoms with van der Waals surface area (Å²) in [5, 5.41) is 0. The van der Waals surface area contributed by atoms with Crippen LogP contribution in [0.25, 0.3) is 36.9 Å². The van der Waals surface area contributed by atoms with Gasteiger partial charge in [0.2, 0.25) is 0 Å². The van der Waals surface area contributed by atoms with Gasteiger partial charge in [-0.15, -0.1) is 0 Å². The van der Waals surface area contributed by atoms with Gasteiger partial charge < -0.3 is 36.9 Å². The van der Waals surface area contributed by atoms with Crippen LogP contribution in [-0.2, 0) is 17.1 Å². The molecule has 0 aliphatic heterocycles. The average molecular weight is 160 g/mol. The van der Waals surface area contributed by atoms with Gasteiger partial charge in [0.25, 0.3) is 0 Å². The van der Waals surface area contributed by atoms with E-state index in [9.17, 15) is 0 Å². The van der Waals surface area contributed by atoms with Crippen LogP contribution in [0, 0.1) is 0 Å². The Morgan fingerprint density at radius 3 is 0.286 bits per heavy atom. The third kappa shape index (κ3) is 1470. The first-order valence-corrected chi connectivity index (χ1v) is 0. The van der Waals surface area contributed by atoms with Crippen molar-refractivity contribution >= 4 is 0 Å². The van der Waals surface area contributed by atoms with Crippen molar-refractivity contribution in [2.24, 2.45) is 0 Å². The molecule has 0 aliphatic rings. The summed E-state index contributed by atoms with van der Waals surface area (Å²) in [5.74, 6) is 0. The molecule has 0 aliphatic carbocycles. The second-order valence-corrected chi connectivity index (χ2v) is 0. The van der Waals surface area contributed by atoms with Gasteiger partial charge in [0.05, 0.1) is 0 Å². The van der Waals surface area contributed by atoms with E-state index in [2.05, 4.69) is 0 Å². The molecule has 0 amide bonds. The second kappa shape index (κ2) is 2240. The van der Waals surface area contributed by atoms with E-state index >= 15 is 0 Å². The summed E-state index contributed by atoms with van der Waals surface area (Å²) in [6.07, 6.45) is 0. The summed E-state index contributed by atoms with van der Waals surface area (Å²) in [6, 6.07) is 0. The van der Waals surface area contributed by atoms with Crippen molar-refractivity contribution in [3.05, 3.63) is 36.9 Å². The van der Waals surface area contributed by atoms with Gasteiger partial charge in [-0.25, -0.2) is 0 Å². The summed E-state index contributed by atoms with van der Waals surface area (Å²) in [6.45, 7) is 0. The molecule has 1 radical (unpaired) electrons. The number of rotatable bonds is 0. The molecule has 0 atom stereocenters.